The second kappa shape index (κ2) is 6.86. The van der Waals surface area contributed by atoms with Gasteiger partial charge in [-0.3, -0.25) is 14.5 Å². The van der Waals surface area contributed by atoms with Crippen molar-refractivity contribution in [2.45, 2.75) is 19.3 Å². The highest BCUT2D eigenvalue weighted by Gasteiger charge is 2.33. The van der Waals surface area contributed by atoms with Gasteiger partial charge in [0.2, 0.25) is 5.91 Å². The van der Waals surface area contributed by atoms with Crippen molar-refractivity contribution in [3.63, 3.8) is 0 Å². The minimum Gasteiger partial charge on any atom is -0.481 e. The molecule has 6 heteroatoms. The molecule has 2 aliphatic rings. The number of piperazine rings is 1. The van der Waals surface area contributed by atoms with Gasteiger partial charge in [0.25, 0.3) is 0 Å². The molecule has 0 unspecified atom stereocenters. The van der Waals surface area contributed by atoms with E-state index in [0.717, 1.165) is 32.7 Å². The van der Waals surface area contributed by atoms with Gasteiger partial charge in [0.15, 0.2) is 0 Å². The summed E-state index contributed by atoms with van der Waals surface area (Å²) in [4.78, 5) is 25.1. The molecule has 0 aromatic heterocycles. The van der Waals surface area contributed by atoms with E-state index in [1.165, 1.54) is 0 Å². The zero-order valence-corrected chi connectivity index (χ0v) is 11.2. The van der Waals surface area contributed by atoms with Crippen molar-refractivity contribution in [3.05, 3.63) is 0 Å². The smallest absolute Gasteiger partial charge is 0.306 e. The lowest BCUT2D eigenvalue weighted by Gasteiger charge is -2.27. The van der Waals surface area contributed by atoms with Crippen molar-refractivity contribution >= 4 is 11.9 Å². The van der Waals surface area contributed by atoms with Gasteiger partial charge in [-0.25, -0.2) is 0 Å². The molecule has 0 aromatic rings. The molecule has 3 N–H and O–H groups in total. The van der Waals surface area contributed by atoms with Crippen molar-refractivity contribution in [1.29, 1.82) is 0 Å². The zero-order chi connectivity index (χ0) is 13.7. The first kappa shape index (κ1) is 14.3. The van der Waals surface area contributed by atoms with Crippen LogP contribution in [0, 0.1) is 11.8 Å². The first-order valence-electron chi connectivity index (χ1n) is 7.10. The molecule has 6 nitrogen and oxygen atoms in total. The fourth-order valence-corrected chi connectivity index (χ4v) is 2.86. The van der Waals surface area contributed by atoms with E-state index in [9.17, 15) is 9.59 Å². The highest BCUT2D eigenvalue weighted by Crippen LogP contribution is 2.30. The fraction of sp³-hybridized carbons (Fsp3) is 0.846. The molecule has 2 atom stereocenters. The Bertz CT molecular complexity index is 329. The average molecular weight is 269 g/mol. The number of carbonyl (C=O) groups excluding carboxylic acids is 1. The zero-order valence-electron chi connectivity index (χ0n) is 11.2. The maximum absolute atomic E-state index is 11.9. The van der Waals surface area contributed by atoms with Crippen LogP contribution >= 0.6 is 0 Å². The Morgan fingerprint density at radius 2 is 1.89 bits per heavy atom. The van der Waals surface area contributed by atoms with Crippen LogP contribution in [0.4, 0.5) is 0 Å². The van der Waals surface area contributed by atoms with Crippen LogP contribution in [0.25, 0.3) is 0 Å². The highest BCUT2D eigenvalue weighted by atomic mass is 16.4. The van der Waals surface area contributed by atoms with E-state index in [1.54, 1.807) is 0 Å². The molecule has 1 saturated heterocycles. The molecular formula is C13H23N3O3. The summed E-state index contributed by atoms with van der Waals surface area (Å²) in [5, 5.41) is 15.1. The normalized spacial score (nSPS) is 28.2. The number of carboxylic acids is 1. The van der Waals surface area contributed by atoms with Crippen LogP contribution in [0.2, 0.25) is 0 Å². The van der Waals surface area contributed by atoms with Gasteiger partial charge in [0.05, 0.1) is 5.92 Å². The number of hydrogen-bond acceptors (Lipinski definition) is 4. The summed E-state index contributed by atoms with van der Waals surface area (Å²) in [6.07, 6.45) is 1.83. The van der Waals surface area contributed by atoms with Gasteiger partial charge in [0, 0.05) is 45.2 Å². The number of hydrogen-bond donors (Lipinski definition) is 3. The summed E-state index contributed by atoms with van der Waals surface area (Å²) in [5.74, 6) is -1.18. The van der Waals surface area contributed by atoms with E-state index in [2.05, 4.69) is 15.5 Å². The number of aliphatic carboxylic acids is 1. The van der Waals surface area contributed by atoms with Crippen LogP contribution in [0.3, 0.4) is 0 Å². The van der Waals surface area contributed by atoms with Gasteiger partial charge in [-0.2, -0.15) is 0 Å². The third-order valence-electron chi connectivity index (χ3n) is 4.09. The largest absolute Gasteiger partial charge is 0.481 e. The van der Waals surface area contributed by atoms with E-state index in [4.69, 9.17) is 5.11 Å². The van der Waals surface area contributed by atoms with Crippen LogP contribution < -0.4 is 10.6 Å². The predicted molar refractivity (Wildman–Crippen MR) is 70.8 cm³/mol. The van der Waals surface area contributed by atoms with Crippen molar-refractivity contribution < 1.29 is 14.7 Å². The number of rotatable bonds is 5. The molecule has 1 saturated carbocycles. The topological polar surface area (TPSA) is 81.7 Å². The second-order valence-electron chi connectivity index (χ2n) is 5.43. The molecule has 2 fully saturated rings. The van der Waals surface area contributed by atoms with Crippen LogP contribution in [0.5, 0.6) is 0 Å². The van der Waals surface area contributed by atoms with Gasteiger partial charge >= 0.3 is 5.97 Å². The van der Waals surface area contributed by atoms with Crippen molar-refractivity contribution in [2.75, 3.05) is 39.3 Å². The van der Waals surface area contributed by atoms with Crippen molar-refractivity contribution in [1.82, 2.24) is 15.5 Å². The molecule has 1 heterocycles. The highest BCUT2D eigenvalue weighted by molar-refractivity contribution is 5.80. The molecule has 1 aliphatic carbocycles. The van der Waals surface area contributed by atoms with Crippen LogP contribution in [-0.2, 0) is 9.59 Å². The van der Waals surface area contributed by atoms with Gasteiger partial charge in [0.1, 0.15) is 0 Å². The quantitative estimate of drug-likeness (QED) is 0.627. The Hall–Kier alpha value is -1.14. The fourth-order valence-electron chi connectivity index (χ4n) is 2.86. The minimum atomic E-state index is -0.767. The van der Waals surface area contributed by atoms with Gasteiger partial charge in [-0.15, -0.1) is 0 Å². The van der Waals surface area contributed by atoms with E-state index >= 15 is 0 Å². The van der Waals surface area contributed by atoms with Crippen molar-refractivity contribution in [2.24, 2.45) is 11.8 Å². The molecule has 0 bridgehead atoms. The summed E-state index contributed by atoms with van der Waals surface area (Å²) in [5.41, 5.74) is 0. The molecule has 1 aliphatic heterocycles. The Morgan fingerprint density at radius 1 is 1.21 bits per heavy atom. The lowest BCUT2D eigenvalue weighted by atomic mass is 10.0. The minimum absolute atomic E-state index is 0.0267. The van der Waals surface area contributed by atoms with E-state index in [1.807, 2.05) is 0 Å². The number of nitrogens with one attached hydrogen (secondary N) is 2. The van der Waals surface area contributed by atoms with Crippen molar-refractivity contribution in [3.8, 4) is 0 Å². The molecule has 0 spiro atoms. The Labute approximate surface area is 113 Å². The average Bonchev–Trinajstić information content (AvgIpc) is 2.89. The lowest BCUT2D eigenvalue weighted by Crippen LogP contribution is -2.46. The van der Waals surface area contributed by atoms with Crippen LogP contribution in [-0.4, -0.2) is 61.2 Å². The molecule has 2 rings (SSSR count). The number of amides is 1. The van der Waals surface area contributed by atoms with Crippen LogP contribution in [0.1, 0.15) is 19.3 Å². The Balaban J connectivity index is 1.63. The summed E-state index contributed by atoms with van der Waals surface area (Å²) >= 11 is 0. The maximum Gasteiger partial charge on any atom is 0.306 e. The number of nitrogens with zero attached hydrogens (tertiary/aromatic N) is 1. The predicted octanol–water partition coefficient (Wildman–Crippen LogP) is -0.491. The van der Waals surface area contributed by atoms with E-state index < -0.39 is 5.97 Å². The standard InChI is InChI=1S/C13H23N3O3/c17-12(10-1-2-11(9-10)13(18)19)15-5-8-16-6-3-14-4-7-16/h10-11,14H,1-9H2,(H,15,17)(H,18,19)/t10-,11+/m1/s1. The lowest BCUT2D eigenvalue weighted by molar-refractivity contribution is -0.141. The number of carbonyl (C=O) groups is 2. The summed E-state index contributed by atoms with van der Waals surface area (Å²) in [6.45, 7) is 5.62. The van der Waals surface area contributed by atoms with E-state index in [-0.39, 0.29) is 17.7 Å². The van der Waals surface area contributed by atoms with Gasteiger partial charge in [-0.05, 0) is 19.3 Å². The first-order valence-corrected chi connectivity index (χ1v) is 7.10. The second-order valence-corrected chi connectivity index (χ2v) is 5.43. The molecular weight excluding hydrogens is 246 g/mol. The summed E-state index contributed by atoms with van der Waals surface area (Å²) < 4.78 is 0. The monoisotopic (exact) mass is 269 g/mol. The van der Waals surface area contributed by atoms with Crippen LogP contribution in [0.15, 0.2) is 0 Å². The third kappa shape index (κ3) is 4.18. The molecule has 1 amide bonds. The summed E-state index contributed by atoms with van der Waals surface area (Å²) in [7, 11) is 0. The first-order chi connectivity index (χ1) is 9.16. The SMILES string of the molecule is O=C(O)[C@H]1CC[C@@H](C(=O)NCCN2CCNCC2)C1. The van der Waals surface area contributed by atoms with Gasteiger partial charge in [-0.1, -0.05) is 0 Å². The number of carboxylic acid groups (broad SMARTS) is 1. The summed E-state index contributed by atoms with van der Waals surface area (Å²) in [6, 6.07) is 0. The Kier molecular flexibility index (Phi) is 5.15. The van der Waals surface area contributed by atoms with E-state index in [0.29, 0.717) is 25.8 Å². The Morgan fingerprint density at radius 3 is 2.53 bits per heavy atom. The maximum atomic E-state index is 11.9. The molecule has 19 heavy (non-hydrogen) atoms. The molecule has 0 aromatic carbocycles. The third-order valence-corrected chi connectivity index (χ3v) is 4.09. The molecule has 108 valence electrons. The van der Waals surface area contributed by atoms with Gasteiger partial charge < -0.3 is 15.7 Å². The molecule has 0 radical (unpaired) electrons.